The van der Waals surface area contributed by atoms with Crippen molar-refractivity contribution >= 4 is 11.7 Å². The lowest BCUT2D eigenvalue weighted by Crippen LogP contribution is -2.48. The summed E-state index contributed by atoms with van der Waals surface area (Å²) in [6.07, 6.45) is -1.63. The number of halogens is 3. The Morgan fingerprint density at radius 3 is 2.56 bits per heavy atom. The van der Waals surface area contributed by atoms with Crippen molar-refractivity contribution in [1.82, 2.24) is 14.9 Å². The average molecular weight is 467 g/mol. The van der Waals surface area contributed by atoms with E-state index in [1.54, 1.807) is 0 Å². The molecule has 0 bridgehead atoms. The number of alkyl halides is 3. The van der Waals surface area contributed by atoms with E-state index in [9.17, 15) is 18.0 Å². The number of carbonyl (C=O) groups is 1. The van der Waals surface area contributed by atoms with E-state index in [1.807, 2.05) is 54.3 Å². The first-order chi connectivity index (χ1) is 16.3. The van der Waals surface area contributed by atoms with Gasteiger partial charge in [0.1, 0.15) is 11.5 Å². The number of piperidine rings is 1. The Morgan fingerprint density at radius 2 is 1.85 bits per heavy atom. The Morgan fingerprint density at radius 1 is 1.06 bits per heavy atom. The number of aryl methyl sites for hydroxylation is 1. The van der Waals surface area contributed by atoms with Crippen LogP contribution in [-0.2, 0) is 6.18 Å². The number of pyridine rings is 2. The standard InChI is InChI=1S/C26H25F3N4O/c1-16-7-9-22(17-5-3-2-4-6-17)24(32-16)25(34)33-15-19-11-18(19)12-21(33)14-31-23-10-8-20(13-30-23)26(27,28)29/h2-10,13,18-19,21H,11-12,14-15H2,1H3,(H,30,31)/t18-,19+,21+/m1/s1. The van der Waals surface area contributed by atoms with Crippen LogP contribution in [0.5, 0.6) is 0 Å². The van der Waals surface area contributed by atoms with Gasteiger partial charge < -0.3 is 10.2 Å². The number of nitrogens with zero attached hydrogens (tertiary/aromatic N) is 3. The first-order valence-electron chi connectivity index (χ1n) is 11.4. The summed E-state index contributed by atoms with van der Waals surface area (Å²) in [5, 5.41) is 3.13. The van der Waals surface area contributed by atoms with Crippen molar-refractivity contribution in [3.05, 3.63) is 77.7 Å². The molecule has 0 spiro atoms. The summed E-state index contributed by atoms with van der Waals surface area (Å²) in [7, 11) is 0. The van der Waals surface area contributed by atoms with Crippen LogP contribution in [-0.4, -0.2) is 39.9 Å². The molecule has 1 aliphatic carbocycles. The molecule has 2 aliphatic rings. The van der Waals surface area contributed by atoms with Gasteiger partial charge in [-0.25, -0.2) is 9.97 Å². The highest BCUT2D eigenvalue weighted by atomic mass is 19.4. The summed E-state index contributed by atoms with van der Waals surface area (Å²) in [6, 6.07) is 15.8. The highest BCUT2D eigenvalue weighted by Gasteiger charge is 2.47. The molecular formula is C26H25F3N4O. The summed E-state index contributed by atoms with van der Waals surface area (Å²) >= 11 is 0. The van der Waals surface area contributed by atoms with Crippen molar-refractivity contribution in [2.24, 2.45) is 11.8 Å². The molecule has 2 fully saturated rings. The predicted octanol–water partition coefficient (Wildman–Crippen LogP) is 5.43. The molecule has 2 aromatic heterocycles. The SMILES string of the molecule is Cc1ccc(-c2ccccc2)c(C(=O)N2C[C@@H]3C[C@@H]3C[C@H]2CNc2ccc(C(F)(F)F)cn2)n1. The predicted molar refractivity (Wildman–Crippen MR) is 123 cm³/mol. The molecule has 3 heterocycles. The third kappa shape index (κ3) is 4.62. The zero-order chi connectivity index (χ0) is 23.9. The Balaban J connectivity index is 1.37. The third-order valence-corrected chi connectivity index (χ3v) is 6.71. The van der Waals surface area contributed by atoms with Crippen molar-refractivity contribution in [1.29, 1.82) is 0 Å². The molecule has 176 valence electrons. The first kappa shape index (κ1) is 22.4. The molecule has 0 unspecified atom stereocenters. The number of anilines is 1. The van der Waals surface area contributed by atoms with Gasteiger partial charge in [-0.2, -0.15) is 13.2 Å². The molecule has 0 radical (unpaired) electrons. The minimum Gasteiger partial charge on any atom is -0.368 e. The number of hydrogen-bond acceptors (Lipinski definition) is 4. The second kappa shape index (κ2) is 8.74. The van der Waals surface area contributed by atoms with Gasteiger partial charge in [0.25, 0.3) is 5.91 Å². The van der Waals surface area contributed by atoms with Crippen molar-refractivity contribution in [3.63, 3.8) is 0 Å². The van der Waals surface area contributed by atoms with E-state index in [0.717, 1.165) is 41.9 Å². The number of aromatic nitrogens is 2. The van der Waals surface area contributed by atoms with Crippen LogP contribution in [0.2, 0.25) is 0 Å². The van der Waals surface area contributed by atoms with Gasteiger partial charge in [-0.3, -0.25) is 4.79 Å². The lowest BCUT2D eigenvalue weighted by Gasteiger charge is -2.36. The minimum absolute atomic E-state index is 0.0914. The van der Waals surface area contributed by atoms with Gasteiger partial charge >= 0.3 is 6.18 Å². The molecule has 3 atom stereocenters. The third-order valence-electron chi connectivity index (χ3n) is 6.71. The van der Waals surface area contributed by atoms with Crippen LogP contribution < -0.4 is 5.32 Å². The second-order valence-corrected chi connectivity index (χ2v) is 9.13. The maximum Gasteiger partial charge on any atom is 0.417 e. The van der Waals surface area contributed by atoms with Gasteiger partial charge in [-0.1, -0.05) is 36.4 Å². The molecule has 3 aromatic rings. The fourth-order valence-electron chi connectivity index (χ4n) is 4.74. The van der Waals surface area contributed by atoms with Crippen LogP contribution in [0.15, 0.2) is 60.8 Å². The second-order valence-electron chi connectivity index (χ2n) is 9.13. The minimum atomic E-state index is -4.42. The van der Waals surface area contributed by atoms with Crippen LogP contribution in [0.1, 0.15) is 34.6 Å². The molecule has 1 saturated heterocycles. The summed E-state index contributed by atoms with van der Waals surface area (Å²) in [5.41, 5.74) is 2.15. The fraction of sp³-hybridized carbons (Fsp3) is 0.346. The zero-order valence-corrected chi connectivity index (χ0v) is 18.7. The fourth-order valence-corrected chi connectivity index (χ4v) is 4.74. The monoisotopic (exact) mass is 466 g/mol. The number of nitrogens with one attached hydrogen (secondary N) is 1. The molecule has 1 aromatic carbocycles. The number of hydrogen-bond donors (Lipinski definition) is 1. The van der Waals surface area contributed by atoms with Crippen LogP contribution in [0, 0.1) is 18.8 Å². The quantitative estimate of drug-likeness (QED) is 0.545. The normalized spacial score (nSPS) is 21.6. The van der Waals surface area contributed by atoms with Crippen LogP contribution in [0.25, 0.3) is 11.1 Å². The molecular weight excluding hydrogens is 441 g/mol. The molecule has 5 rings (SSSR count). The number of likely N-dealkylation sites (tertiary alicyclic amines) is 1. The van der Waals surface area contributed by atoms with E-state index >= 15 is 0 Å². The molecule has 1 amide bonds. The maximum absolute atomic E-state index is 13.8. The van der Waals surface area contributed by atoms with E-state index < -0.39 is 11.7 Å². The molecule has 1 aliphatic heterocycles. The van der Waals surface area contributed by atoms with Crippen molar-refractivity contribution < 1.29 is 18.0 Å². The molecule has 5 nitrogen and oxygen atoms in total. The molecule has 8 heteroatoms. The number of carbonyl (C=O) groups excluding carboxylic acids is 1. The van der Waals surface area contributed by atoms with E-state index in [1.165, 1.54) is 6.07 Å². The van der Waals surface area contributed by atoms with Crippen LogP contribution in [0.3, 0.4) is 0 Å². The molecule has 34 heavy (non-hydrogen) atoms. The van der Waals surface area contributed by atoms with Crippen LogP contribution >= 0.6 is 0 Å². The number of rotatable bonds is 5. The van der Waals surface area contributed by atoms with E-state index in [4.69, 9.17) is 0 Å². The van der Waals surface area contributed by atoms with Crippen molar-refractivity contribution in [2.75, 3.05) is 18.4 Å². The number of benzene rings is 1. The van der Waals surface area contributed by atoms with Gasteiger partial charge in [-0.05, 0) is 55.4 Å². The van der Waals surface area contributed by atoms with Crippen molar-refractivity contribution in [3.8, 4) is 11.1 Å². The average Bonchev–Trinajstić information content (AvgIpc) is 3.60. The Kier molecular flexibility index (Phi) is 5.75. The van der Waals surface area contributed by atoms with Gasteiger partial charge in [-0.15, -0.1) is 0 Å². The highest BCUT2D eigenvalue weighted by molar-refractivity contribution is 5.99. The highest BCUT2D eigenvalue weighted by Crippen LogP contribution is 2.47. The van der Waals surface area contributed by atoms with Gasteiger partial charge in [0, 0.05) is 36.6 Å². The van der Waals surface area contributed by atoms with Gasteiger partial charge in [0.05, 0.1) is 5.56 Å². The summed E-state index contributed by atoms with van der Waals surface area (Å²) in [5.74, 6) is 1.35. The summed E-state index contributed by atoms with van der Waals surface area (Å²) in [6.45, 7) is 2.95. The Labute approximate surface area is 196 Å². The van der Waals surface area contributed by atoms with Crippen molar-refractivity contribution in [2.45, 2.75) is 32.0 Å². The smallest absolute Gasteiger partial charge is 0.368 e. The van der Waals surface area contributed by atoms with E-state index in [2.05, 4.69) is 15.3 Å². The largest absolute Gasteiger partial charge is 0.417 e. The summed E-state index contributed by atoms with van der Waals surface area (Å²) < 4.78 is 38.5. The lowest BCUT2D eigenvalue weighted by molar-refractivity contribution is -0.137. The topological polar surface area (TPSA) is 58.1 Å². The Hall–Kier alpha value is -3.42. The molecule has 1 N–H and O–H groups in total. The first-order valence-corrected chi connectivity index (χ1v) is 11.4. The summed E-state index contributed by atoms with van der Waals surface area (Å²) in [4.78, 5) is 24.2. The van der Waals surface area contributed by atoms with E-state index in [-0.39, 0.29) is 11.9 Å². The van der Waals surface area contributed by atoms with E-state index in [0.29, 0.717) is 36.4 Å². The molecule has 1 saturated carbocycles. The van der Waals surface area contributed by atoms with Crippen LogP contribution in [0.4, 0.5) is 19.0 Å². The maximum atomic E-state index is 13.8. The zero-order valence-electron chi connectivity index (χ0n) is 18.7. The van der Waals surface area contributed by atoms with Gasteiger partial charge in [0.2, 0.25) is 0 Å². The number of fused-ring (bicyclic) bond motifs is 1. The lowest BCUT2D eigenvalue weighted by atomic mass is 9.98. The Bertz CT molecular complexity index is 1180. The van der Waals surface area contributed by atoms with Gasteiger partial charge in [0.15, 0.2) is 0 Å². The number of amides is 1.